The number of nitrogens with zero attached hydrogens (tertiary/aromatic N) is 3. The number of rotatable bonds is 2. The van der Waals surface area contributed by atoms with E-state index in [1.807, 2.05) is 24.6 Å². The highest BCUT2D eigenvalue weighted by Crippen LogP contribution is 2.25. The lowest BCUT2D eigenvalue weighted by molar-refractivity contribution is 0.741. The van der Waals surface area contributed by atoms with Gasteiger partial charge in [-0.2, -0.15) is 0 Å². The SMILES string of the molecule is Cc1ccnc(N)c1C(N)c1cncn1C. The van der Waals surface area contributed by atoms with Crippen molar-refractivity contribution < 1.29 is 0 Å². The van der Waals surface area contributed by atoms with Crippen molar-refractivity contribution >= 4 is 5.82 Å². The first-order valence-corrected chi connectivity index (χ1v) is 5.04. The summed E-state index contributed by atoms with van der Waals surface area (Å²) in [5.74, 6) is 0.480. The molecule has 84 valence electrons. The number of anilines is 1. The van der Waals surface area contributed by atoms with Crippen LogP contribution in [0, 0.1) is 6.92 Å². The van der Waals surface area contributed by atoms with Crippen molar-refractivity contribution in [1.82, 2.24) is 14.5 Å². The third-order valence-electron chi connectivity index (χ3n) is 2.72. The lowest BCUT2D eigenvalue weighted by Gasteiger charge is -2.16. The Labute approximate surface area is 94.1 Å². The van der Waals surface area contributed by atoms with Gasteiger partial charge in [0.15, 0.2) is 0 Å². The Morgan fingerprint density at radius 3 is 2.75 bits per heavy atom. The number of hydrogen-bond acceptors (Lipinski definition) is 4. The Hall–Kier alpha value is -1.88. The fourth-order valence-electron chi connectivity index (χ4n) is 1.81. The molecule has 0 fully saturated rings. The monoisotopic (exact) mass is 217 g/mol. The van der Waals surface area contributed by atoms with Gasteiger partial charge < -0.3 is 16.0 Å². The number of aryl methyl sites for hydroxylation is 2. The van der Waals surface area contributed by atoms with Crippen molar-refractivity contribution in [2.24, 2.45) is 12.8 Å². The molecule has 0 aliphatic carbocycles. The number of pyridine rings is 1. The summed E-state index contributed by atoms with van der Waals surface area (Å²) in [6.45, 7) is 1.98. The number of nitrogens with two attached hydrogens (primary N) is 2. The van der Waals surface area contributed by atoms with E-state index in [0.29, 0.717) is 5.82 Å². The molecule has 0 saturated heterocycles. The molecule has 2 heterocycles. The summed E-state index contributed by atoms with van der Waals surface area (Å²) in [7, 11) is 1.91. The minimum Gasteiger partial charge on any atom is -0.383 e. The third kappa shape index (κ3) is 1.65. The number of hydrogen-bond donors (Lipinski definition) is 2. The molecule has 5 nitrogen and oxygen atoms in total. The Balaban J connectivity index is 2.49. The Kier molecular flexibility index (Phi) is 2.62. The van der Waals surface area contributed by atoms with Gasteiger partial charge in [-0.15, -0.1) is 0 Å². The average molecular weight is 217 g/mol. The van der Waals surface area contributed by atoms with E-state index in [4.69, 9.17) is 11.5 Å². The molecule has 2 aromatic heterocycles. The van der Waals surface area contributed by atoms with E-state index in [9.17, 15) is 0 Å². The largest absolute Gasteiger partial charge is 0.383 e. The van der Waals surface area contributed by atoms with Crippen LogP contribution in [0.3, 0.4) is 0 Å². The minimum atomic E-state index is -0.291. The predicted molar refractivity (Wildman–Crippen MR) is 62.6 cm³/mol. The molecule has 2 aromatic rings. The van der Waals surface area contributed by atoms with Crippen LogP contribution >= 0.6 is 0 Å². The standard InChI is InChI=1S/C11H15N5/c1-7-3-4-15-11(13)9(7)10(12)8-5-14-6-16(8)2/h3-6,10H,12H2,1-2H3,(H2,13,15). The molecule has 0 radical (unpaired) electrons. The summed E-state index contributed by atoms with van der Waals surface area (Å²) in [6.07, 6.45) is 5.15. The first kappa shape index (κ1) is 10.6. The average Bonchev–Trinajstić information content (AvgIpc) is 2.64. The zero-order valence-corrected chi connectivity index (χ0v) is 9.38. The maximum atomic E-state index is 6.18. The summed E-state index contributed by atoms with van der Waals surface area (Å²) in [4.78, 5) is 8.12. The van der Waals surface area contributed by atoms with Gasteiger partial charge in [-0.1, -0.05) is 0 Å². The summed E-state index contributed by atoms with van der Waals surface area (Å²) in [6, 6.07) is 1.61. The fraction of sp³-hybridized carbons (Fsp3) is 0.273. The smallest absolute Gasteiger partial charge is 0.128 e. The molecule has 0 amide bonds. The van der Waals surface area contributed by atoms with Crippen LogP contribution in [-0.4, -0.2) is 14.5 Å². The summed E-state index contributed by atoms with van der Waals surface area (Å²) >= 11 is 0. The molecule has 2 rings (SSSR count). The van der Waals surface area contributed by atoms with Gasteiger partial charge in [-0.3, -0.25) is 0 Å². The van der Waals surface area contributed by atoms with E-state index in [1.165, 1.54) is 0 Å². The summed E-state index contributed by atoms with van der Waals surface area (Å²) in [5.41, 5.74) is 14.9. The molecule has 16 heavy (non-hydrogen) atoms. The lowest BCUT2D eigenvalue weighted by Crippen LogP contribution is -2.18. The van der Waals surface area contributed by atoms with Gasteiger partial charge in [-0.25, -0.2) is 9.97 Å². The van der Waals surface area contributed by atoms with Crippen molar-refractivity contribution in [3.05, 3.63) is 41.6 Å². The van der Waals surface area contributed by atoms with E-state index in [2.05, 4.69) is 9.97 Å². The first-order chi connectivity index (χ1) is 7.61. The van der Waals surface area contributed by atoms with Crippen LogP contribution in [0.5, 0.6) is 0 Å². The third-order valence-corrected chi connectivity index (χ3v) is 2.72. The predicted octanol–water partition coefficient (Wildman–Crippen LogP) is 0.754. The molecule has 1 atom stereocenters. The molecule has 0 aliphatic heterocycles. The van der Waals surface area contributed by atoms with E-state index in [-0.39, 0.29) is 6.04 Å². The second-order valence-electron chi connectivity index (χ2n) is 3.83. The van der Waals surface area contributed by atoms with Crippen molar-refractivity contribution in [3.8, 4) is 0 Å². The van der Waals surface area contributed by atoms with Crippen LogP contribution in [0.2, 0.25) is 0 Å². The molecule has 0 bridgehead atoms. The van der Waals surface area contributed by atoms with Gasteiger partial charge >= 0.3 is 0 Å². The quantitative estimate of drug-likeness (QED) is 0.777. The topological polar surface area (TPSA) is 82.8 Å². The molecule has 0 aliphatic rings. The number of aromatic nitrogens is 3. The lowest BCUT2D eigenvalue weighted by atomic mass is 10.0. The van der Waals surface area contributed by atoms with Crippen LogP contribution in [0.1, 0.15) is 22.9 Å². The van der Waals surface area contributed by atoms with Crippen LogP contribution in [0.4, 0.5) is 5.82 Å². The second-order valence-corrected chi connectivity index (χ2v) is 3.83. The van der Waals surface area contributed by atoms with Crippen molar-refractivity contribution in [1.29, 1.82) is 0 Å². The molecule has 5 heteroatoms. The molecule has 0 aromatic carbocycles. The molecule has 0 spiro atoms. The van der Waals surface area contributed by atoms with Gasteiger partial charge in [0, 0.05) is 18.8 Å². The normalized spacial score (nSPS) is 12.7. The van der Waals surface area contributed by atoms with Crippen LogP contribution in [0.25, 0.3) is 0 Å². The van der Waals surface area contributed by atoms with Crippen LogP contribution < -0.4 is 11.5 Å². The van der Waals surface area contributed by atoms with E-state index < -0.39 is 0 Å². The van der Waals surface area contributed by atoms with Gasteiger partial charge in [0.1, 0.15) is 5.82 Å². The second kappa shape index (κ2) is 3.94. The fourth-order valence-corrected chi connectivity index (χ4v) is 1.81. The van der Waals surface area contributed by atoms with Gasteiger partial charge in [0.2, 0.25) is 0 Å². The molecule has 1 unspecified atom stereocenters. The Morgan fingerprint density at radius 1 is 1.44 bits per heavy atom. The zero-order valence-electron chi connectivity index (χ0n) is 9.38. The van der Waals surface area contributed by atoms with Gasteiger partial charge in [0.05, 0.1) is 24.3 Å². The molecular weight excluding hydrogens is 202 g/mol. The highest BCUT2D eigenvalue weighted by molar-refractivity contribution is 5.48. The van der Waals surface area contributed by atoms with Crippen molar-refractivity contribution in [2.75, 3.05) is 5.73 Å². The Morgan fingerprint density at radius 2 is 2.19 bits per heavy atom. The maximum Gasteiger partial charge on any atom is 0.128 e. The minimum absolute atomic E-state index is 0.291. The first-order valence-electron chi connectivity index (χ1n) is 5.04. The van der Waals surface area contributed by atoms with Crippen molar-refractivity contribution in [2.45, 2.75) is 13.0 Å². The Bertz CT molecular complexity index is 483. The zero-order chi connectivity index (χ0) is 11.7. The van der Waals surface area contributed by atoms with E-state index in [0.717, 1.165) is 16.8 Å². The maximum absolute atomic E-state index is 6.18. The van der Waals surface area contributed by atoms with Crippen LogP contribution in [0.15, 0.2) is 24.8 Å². The number of imidazole rings is 1. The van der Waals surface area contributed by atoms with Gasteiger partial charge in [0.25, 0.3) is 0 Å². The molecule has 4 N–H and O–H groups in total. The molecular formula is C11H15N5. The van der Waals surface area contributed by atoms with Crippen molar-refractivity contribution in [3.63, 3.8) is 0 Å². The highest BCUT2D eigenvalue weighted by Gasteiger charge is 2.17. The van der Waals surface area contributed by atoms with E-state index in [1.54, 1.807) is 18.7 Å². The molecule has 0 saturated carbocycles. The number of nitrogen functional groups attached to an aromatic ring is 1. The van der Waals surface area contributed by atoms with Gasteiger partial charge in [-0.05, 0) is 18.6 Å². The summed E-state index contributed by atoms with van der Waals surface area (Å²) in [5, 5.41) is 0. The van der Waals surface area contributed by atoms with E-state index >= 15 is 0 Å². The summed E-state index contributed by atoms with van der Waals surface area (Å²) < 4.78 is 1.89. The highest BCUT2D eigenvalue weighted by atomic mass is 15.0. The van der Waals surface area contributed by atoms with Crippen LogP contribution in [-0.2, 0) is 7.05 Å².